The van der Waals surface area contributed by atoms with Crippen LogP contribution in [0.5, 0.6) is 0 Å². The smallest absolute Gasteiger partial charge is 0.346 e. The average molecular weight is 241 g/mol. The first-order valence-electron chi connectivity index (χ1n) is 6.01. The number of hydrogen-bond acceptors (Lipinski definition) is 5. The van der Waals surface area contributed by atoms with Gasteiger partial charge < -0.3 is 9.47 Å². The van der Waals surface area contributed by atoms with E-state index in [0.29, 0.717) is 12.8 Å². The third kappa shape index (κ3) is 2.33. The number of nitrogens with zero attached hydrogens (tertiary/aromatic N) is 1. The zero-order valence-corrected chi connectivity index (χ0v) is 10.6. The van der Waals surface area contributed by atoms with Gasteiger partial charge in [0.25, 0.3) is 5.54 Å². The van der Waals surface area contributed by atoms with Gasteiger partial charge in [-0.25, -0.2) is 9.59 Å². The third-order valence-electron chi connectivity index (χ3n) is 2.94. The number of rotatable bonds is 5. The van der Waals surface area contributed by atoms with Crippen molar-refractivity contribution in [3.63, 3.8) is 0 Å². The van der Waals surface area contributed by atoms with E-state index in [9.17, 15) is 9.59 Å². The van der Waals surface area contributed by atoms with Crippen molar-refractivity contribution >= 4 is 18.2 Å². The van der Waals surface area contributed by atoms with E-state index < -0.39 is 17.5 Å². The van der Waals surface area contributed by atoms with Crippen molar-refractivity contribution in [3.05, 3.63) is 0 Å². The largest absolute Gasteiger partial charge is 0.464 e. The number of esters is 2. The molecule has 0 aromatic rings. The van der Waals surface area contributed by atoms with E-state index >= 15 is 0 Å². The van der Waals surface area contributed by atoms with E-state index in [1.807, 2.05) is 6.92 Å². The van der Waals surface area contributed by atoms with Gasteiger partial charge in [-0.3, -0.25) is 4.99 Å². The Balaban J connectivity index is 3.03. The Morgan fingerprint density at radius 2 is 1.76 bits per heavy atom. The van der Waals surface area contributed by atoms with Gasteiger partial charge in [-0.1, -0.05) is 6.92 Å². The molecule has 1 heterocycles. The fourth-order valence-electron chi connectivity index (χ4n) is 2.07. The zero-order valence-electron chi connectivity index (χ0n) is 10.6. The fourth-order valence-corrected chi connectivity index (χ4v) is 2.07. The first kappa shape index (κ1) is 13.7. The van der Waals surface area contributed by atoms with Gasteiger partial charge in [0.15, 0.2) is 0 Å². The molecule has 0 N–H and O–H groups in total. The summed E-state index contributed by atoms with van der Waals surface area (Å²) in [6.45, 7) is 5.79. The molecule has 1 atom stereocenters. The molecule has 0 saturated heterocycles. The molecule has 0 fully saturated rings. The van der Waals surface area contributed by atoms with Crippen molar-refractivity contribution in [2.24, 2.45) is 10.9 Å². The molecule has 1 aliphatic heterocycles. The minimum atomic E-state index is -1.47. The van der Waals surface area contributed by atoms with Crippen LogP contribution in [0.15, 0.2) is 4.99 Å². The molecular weight excluding hydrogens is 222 g/mol. The van der Waals surface area contributed by atoms with E-state index in [4.69, 9.17) is 9.47 Å². The molecule has 0 radical (unpaired) electrons. The highest BCUT2D eigenvalue weighted by molar-refractivity contribution is 6.08. The summed E-state index contributed by atoms with van der Waals surface area (Å²) in [6.07, 6.45) is 2.90. The Morgan fingerprint density at radius 1 is 1.24 bits per heavy atom. The third-order valence-corrected chi connectivity index (χ3v) is 2.94. The summed E-state index contributed by atoms with van der Waals surface area (Å²) in [5, 5.41) is 0. The molecule has 0 spiro atoms. The molecule has 0 saturated carbocycles. The Morgan fingerprint density at radius 3 is 2.18 bits per heavy atom. The summed E-state index contributed by atoms with van der Waals surface area (Å²) < 4.78 is 9.95. The van der Waals surface area contributed by atoms with Crippen LogP contribution in [-0.4, -0.2) is 36.9 Å². The van der Waals surface area contributed by atoms with Gasteiger partial charge in [0, 0.05) is 12.1 Å². The summed E-state index contributed by atoms with van der Waals surface area (Å²) in [7, 11) is 0. The molecule has 0 aromatic carbocycles. The first-order valence-corrected chi connectivity index (χ1v) is 6.01. The lowest BCUT2D eigenvalue weighted by Crippen LogP contribution is -2.51. The Kier molecular flexibility index (Phi) is 4.66. The number of carbonyl (C=O) groups is 2. The summed E-state index contributed by atoms with van der Waals surface area (Å²) >= 11 is 0. The van der Waals surface area contributed by atoms with Crippen LogP contribution in [0.2, 0.25) is 0 Å². The predicted octanol–water partition coefficient (Wildman–Crippen LogP) is 1.35. The number of carbonyl (C=O) groups excluding carboxylic acids is 2. The molecule has 96 valence electrons. The van der Waals surface area contributed by atoms with Gasteiger partial charge in [-0.15, -0.1) is 0 Å². The first-order chi connectivity index (χ1) is 8.13. The van der Waals surface area contributed by atoms with Crippen molar-refractivity contribution < 1.29 is 19.1 Å². The number of aliphatic imine (C=N–C) groups is 1. The molecule has 1 rings (SSSR count). The highest BCUT2D eigenvalue weighted by Gasteiger charge is 2.56. The minimum Gasteiger partial charge on any atom is -0.464 e. The van der Waals surface area contributed by atoms with Gasteiger partial charge in [-0.05, 0) is 26.7 Å². The van der Waals surface area contributed by atoms with Crippen molar-refractivity contribution in [2.45, 2.75) is 39.2 Å². The predicted molar refractivity (Wildman–Crippen MR) is 62.9 cm³/mol. The zero-order chi connectivity index (χ0) is 12.9. The highest BCUT2D eigenvalue weighted by Crippen LogP contribution is 2.35. The number of ether oxygens (including phenoxy) is 2. The van der Waals surface area contributed by atoms with Gasteiger partial charge in [0.1, 0.15) is 0 Å². The molecule has 17 heavy (non-hydrogen) atoms. The van der Waals surface area contributed by atoms with Crippen molar-refractivity contribution in [1.82, 2.24) is 0 Å². The molecule has 0 bridgehead atoms. The Hall–Kier alpha value is -1.39. The number of hydrogen-bond donors (Lipinski definition) is 0. The molecular formula is C12H19NO4. The van der Waals surface area contributed by atoms with Crippen molar-refractivity contribution in [2.75, 3.05) is 13.2 Å². The van der Waals surface area contributed by atoms with Crippen molar-refractivity contribution in [1.29, 1.82) is 0 Å². The van der Waals surface area contributed by atoms with Crippen LogP contribution in [0, 0.1) is 5.92 Å². The second-order valence-corrected chi connectivity index (χ2v) is 3.86. The fraction of sp³-hybridized carbons (Fsp3) is 0.750. The molecule has 0 aliphatic carbocycles. The molecule has 1 unspecified atom stereocenters. The Labute approximate surface area is 101 Å². The lowest BCUT2D eigenvalue weighted by molar-refractivity contribution is -0.166. The quantitative estimate of drug-likeness (QED) is 0.538. The second kappa shape index (κ2) is 5.80. The summed E-state index contributed by atoms with van der Waals surface area (Å²) in [5.74, 6) is -1.36. The van der Waals surface area contributed by atoms with Crippen molar-refractivity contribution in [3.8, 4) is 0 Å². The van der Waals surface area contributed by atoms with Crippen LogP contribution in [0.1, 0.15) is 33.6 Å². The molecule has 0 aromatic heterocycles. The maximum absolute atomic E-state index is 12.0. The monoisotopic (exact) mass is 241 g/mol. The average Bonchev–Trinajstić information content (AvgIpc) is 2.74. The summed E-state index contributed by atoms with van der Waals surface area (Å²) in [6, 6.07) is 0. The molecule has 0 amide bonds. The normalized spacial score (nSPS) is 21.2. The second-order valence-electron chi connectivity index (χ2n) is 3.86. The molecule has 1 aliphatic rings. The summed E-state index contributed by atoms with van der Waals surface area (Å²) in [5.41, 5.74) is -1.47. The van der Waals surface area contributed by atoms with E-state index in [0.717, 1.165) is 0 Å². The van der Waals surface area contributed by atoms with Crippen LogP contribution in [-0.2, 0) is 19.1 Å². The SMILES string of the molecule is CCOC(=O)C1(C(=O)OCC)N=CCC1CC. The van der Waals surface area contributed by atoms with Crippen LogP contribution in [0.25, 0.3) is 0 Å². The van der Waals surface area contributed by atoms with Gasteiger partial charge >= 0.3 is 11.9 Å². The van der Waals surface area contributed by atoms with Gasteiger partial charge in [-0.2, -0.15) is 0 Å². The van der Waals surface area contributed by atoms with Crippen LogP contribution >= 0.6 is 0 Å². The van der Waals surface area contributed by atoms with E-state index in [2.05, 4.69) is 4.99 Å². The maximum Gasteiger partial charge on any atom is 0.346 e. The van der Waals surface area contributed by atoms with E-state index in [1.165, 1.54) is 0 Å². The Bertz CT molecular complexity index is 306. The van der Waals surface area contributed by atoms with Crippen LogP contribution in [0.4, 0.5) is 0 Å². The van der Waals surface area contributed by atoms with Crippen LogP contribution < -0.4 is 0 Å². The highest BCUT2D eigenvalue weighted by atomic mass is 16.6. The summed E-state index contributed by atoms with van der Waals surface area (Å²) in [4.78, 5) is 28.1. The molecule has 5 nitrogen and oxygen atoms in total. The van der Waals surface area contributed by atoms with Crippen LogP contribution in [0.3, 0.4) is 0 Å². The van der Waals surface area contributed by atoms with Gasteiger partial charge in [0.05, 0.1) is 13.2 Å². The van der Waals surface area contributed by atoms with E-state index in [-0.39, 0.29) is 19.1 Å². The molecule has 5 heteroatoms. The maximum atomic E-state index is 12.0. The topological polar surface area (TPSA) is 65.0 Å². The van der Waals surface area contributed by atoms with E-state index in [1.54, 1.807) is 20.1 Å². The standard InChI is InChI=1S/C12H19NO4/c1-4-9-7-8-13-12(9,10(14)16-5-2)11(15)17-6-3/h8-9H,4-7H2,1-3H3. The lowest BCUT2D eigenvalue weighted by atomic mass is 9.83. The lowest BCUT2D eigenvalue weighted by Gasteiger charge is -2.27. The van der Waals surface area contributed by atoms with Gasteiger partial charge in [0.2, 0.25) is 0 Å². The minimum absolute atomic E-state index is 0.166.